The molecular formula is C24H22Cl2F3N5O3. The molecule has 1 aromatic heterocycles. The number of piperidine rings is 1. The quantitative estimate of drug-likeness (QED) is 0.473. The van der Waals surface area contributed by atoms with E-state index in [2.05, 4.69) is 20.4 Å². The number of hydrogen-bond donors (Lipinski definition) is 2. The molecule has 1 saturated heterocycles. The minimum absolute atomic E-state index is 0.0306. The lowest BCUT2D eigenvalue weighted by Crippen LogP contribution is -2.59. The Morgan fingerprint density at radius 2 is 1.81 bits per heavy atom. The second-order valence-corrected chi connectivity index (χ2v) is 9.95. The number of H-pyrrole nitrogens is 1. The van der Waals surface area contributed by atoms with E-state index in [4.69, 9.17) is 28.0 Å². The number of carbonyl (C=O) groups is 2. The number of hydrogen-bond acceptors (Lipinski definition) is 6. The van der Waals surface area contributed by atoms with E-state index in [9.17, 15) is 22.8 Å². The number of aromatic amines is 1. The van der Waals surface area contributed by atoms with Crippen molar-refractivity contribution >= 4 is 51.7 Å². The predicted octanol–water partition coefficient (Wildman–Crippen LogP) is 4.72. The average molecular weight is 556 g/mol. The van der Waals surface area contributed by atoms with Crippen molar-refractivity contribution in [1.29, 1.82) is 0 Å². The Hall–Kier alpha value is -3.02. The van der Waals surface area contributed by atoms with Gasteiger partial charge in [-0.1, -0.05) is 23.2 Å². The molecule has 0 spiro atoms. The zero-order chi connectivity index (χ0) is 26.3. The van der Waals surface area contributed by atoms with Crippen LogP contribution < -0.4 is 10.4 Å². The summed E-state index contributed by atoms with van der Waals surface area (Å²) in [6.07, 6.45) is -4.28. The molecular weight excluding hydrogens is 534 g/mol. The molecule has 1 atom stereocenters. The van der Waals surface area contributed by atoms with Gasteiger partial charge < -0.3 is 15.1 Å². The third kappa shape index (κ3) is 5.34. The van der Waals surface area contributed by atoms with Crippen LogP contribution in [0, 0.1) is 5.92 Å². The first-order valence-electron chi connectivity index (χ1n) is 11.6. The van der Waals surface area contributed by atoms with Crippen LogP contribution in [0.3, 0.4) is 0 Å². The highest BCUT2D eigenvalue weighted by molar-refractivity contribution is 6.31. The van der Waals surface area contributed by atoms with E-state index in [1.165, 1.54) is 18.2 Å². The first kappa shape index (κ1) is 25.6. The molecule has 1 fully saturated rings. The van der Waals surface area contributed by atoms with E-state index in [1.54, 1.807) is 6.07 Å². The number of nitrogens with one attached hydrogen (secondary N) is 2. The average Bonchev–Trinajstić information content (AvgIpc) is 3.26. The van der Waals surface area contributed by atoms with Gasteiger partial charge in [0, 0.05) is 40.0 Å². The fourth-order valence-corrected chi connectivity index (χ4v) is 5.19. The summed E-state index contributed by atoms with van der Waals surface area (Å²) in [5.41, 5.74) is 1.90. The minimum Gasteiger partial charge on any atom is -0.330 e. The van der Waals surface area contributed by atoms with Crippen molar-refractivity contribution in [2.45, 2.75) is 31.6 Å². The fraction of sp³-hybridized carbons (Fsp3) is 0.375. The highest BCUT2D eigenvalue weighted by atomic mass is 35.5. The van der Waals surface area contributed by atoms with Crippen LogP contribution in [0.1, 0.15) is 28.9 Å². The molecule has 0 bridgehead atoms. The summed E-state index contributed by atoms with van der Waals surface area (Å²) in [5.74, 6) is -3.11. The summed E-state index contributed by atoms with van der Waals surface area (Å²) in [7, 11) is 0. The molecule has 2 aromatic carbocycles. The summed E-state index contributed by atoms with van der Waals surface area (Å²) < 4.78 is 39.1. The Labute approximate surface area is 219 Å². The molecule has 2 aliphatic rings. The number of amides is 1. The van der Waals surface area contributed by atoms with Crippen LogP contribution in [0.2, 0.25) is 10.0 Å². The van der Waals surface area contributed by atoms with E-state index in [0.29, 0.717) is 37.4 Å². The van der Waals surface area contributed by atoms with Gasteiger partial charge in [0.15, 0.2) is 0 Å². The van der Waals surface area contributed by atoms with Gasteiger partial charge in [0.25, 0.3) is 5.91 Å². The van der Waals surface area contributed by atoms with Crippen molar-refractivity contribution in [3.05, 3.63) is 57.7 Å². The molecule has 2 N–H and O–H groups in total. The number of fused-ring (bicyclic) bond motifs is 2. The number of anilines is 1. The monoisotopic (exact) mass is 555 g/mol. The number of carbonyl (C=O) groups excluding carboxylic acids is 2. The number of benzene rings is 2. The van der Waals surface area contributed by atoms with Crippen molar-refractivity contribution in [2.24, 2.45) is 5.92 Å². The molecule has 0 saturated carbocycles. The van der Waals surface area contributed by atoms with Crippen molar-refractivity contribution in [3.63, 3.8) is 0 Å². The van der Waals surface area contributed by atoms with Crippen LogP contribution >= 0.6 is 23.2 Å². The van der Waals surface area contributed by atoms with E-state index < -0.39 is 24.2 Å². The Morgan fingerprint density at radius 3 is 2.54 bits per heavy atom. The van der Waals surface area contributed by atoms with Gasteiger partial charge in [-0.3, -0.25) is 9.89 Å². The first-order chi connectivity index (χ1) is 17.6. The third-order valence-corrected chi connectivity index (χ3v) is 7.21. The smallest absolute Gasteiger partial charge is 0.330 e. The maximum Gasteiger partial charge on any atom is 0.493 e. The molecule has 13 heteroatoms. The Bertz CT molecular complexity index is 1340. The van der Waals surface area contributed by atoms with E-state index in [-0.39, 0.29) is 22.2 Å². The van der Waals surface area contributed by atoms with Crippen molar-refractivity contribution < 1.29 is 27.6 Å². The zero-order valence-corrected chi connectivity index (χ0v) is 20.8. The number of nitrogens with zero attached hydrogens (tertiary/aromatic N) is 3. The van der Waals surface area contributed by atoms with Gasteiger partial charge in [-0.25, -0.2) is 4.79 Å². The molecule has 196 valence electrons. The molecule has 8 nitrogen and oxygen atoms in total. The lowest BCUT2D eigenvalue weighted by atomic mass is 9.91. The number of hydroxylamine groups is 1. The highest BCUT2D eigenvalue weighted by Crippen LogP contribution is 2.35. The van der Waals surface area contributed by atoms with Gasteiger partial charge in [-0.15, -0.1) is 0 Å². The molecule has 1 amide bonds. The maximum absolute atomic E-state index is 13.0. The van der Waals surface area contributed by atoms with Gasteiger partial charge in [-0.05, 0) is 62.3 Å². The van der Waals surface area contributed by atoms with Crippen LogP contribution in [0.4, 0.5) is 18.9 Å². The highest BCUT2D eigenvalue weighted by Gasteiger charge is 2.46. The summed E-state index contributed by atoms with van der Waals surface area (Å²) >= 11 is 12.1. The lowest BCUT2D eigenvalue weighted by molar-refractivity contribution is -0.203. The van der Waals surface area contributed by atoms with E-state index >= 15 is 0 Å². The molecule has 0 radical (unpaired) electrons. The Morgan fingerprint density at radius 1 is 1.11 bits per heavy atom. The predicted molar refractivity (Wildman–Crippen MR) is 131 cm³/mol. The van der Waals surface area contributed by atoms with Crippen LogP contribution in [-0.2, 0) is 16.1 Å². The first-order valence-corrected chi connectivity index (χ1v) is 12.4. The van der Waals surface area contributed by atoms with E-state index in [0.717, 1.165) is 28.2 Å². The van der Waals surface area contributed by atoms with Crippen LogP contribution in [0.25, 0.3) is 10.9 Å². The molecule has 0 aliphatic carbocycles. The minimum atomic E-state index is -5.19. The van der Waals surface area contributed by atoms with Crippen molar-refractivity contribution in [1.82, 2.24) is 20.4 Å². The summed E-state index contributed by atoms with van der Waals surface area (Å²) in [6.45, 7) is 2.04. The number of alkyl halides is 3. The number of aromatic nitrogens is 2. The standard InChI is InChI=1S/C24H22Cl2F3N5O3/c25-14-1-3-18-16(11-14)19(32-31-18)7-10-33-8-5-13(6-9-33)21-30-22(35)17-12-15(26)2-4-20(17)34(21)37-23(36)24(27,28)29/h1-4,11-13,21H,5-10H2,(H,30,35)(H,31,32). The van der Waals surface area contributed by atoms with Gasteiger partial charge in [0.2, 0.25) is 0 Å². The SMILES string of the molecule is O=C1NC(C2CCN(CCc3[nH]nc4ccc(Cl)cc34)CC2)N(OC(=O)C(F)(F)F)c2ccc(Cl)cc21. The third-order valence-electron chi connectivity index (χ3n) is 6.74. The van der Waals surface area contributed by atoms with Crippen LogP contribution in [0.5, 0.6) is 0 Å². The number of halogens is 5. The largest absolute Gasteiger partial charge is 0.493 e. The second-order valence-electron chi connectivity index (χ2n) is 9.07. The number of likely N-dealkylation sites (tertiary alicyclic amines) is 1. The summed E-state index contributed by atoms with van der Waals surface area (Å²) in [6, 6.07) is 9.64. The van der Waals surface area contributed by atoms with Crippen molar-refractivity contribution in [2.75, 3.05) is 24.7 Å². The Balaban J connectivity index is 1.28. The Kier molecular flexibility index (Phi) is 6.95. The van der Waals surface area contributed by atoms with E-state index in [1.807, 2.05) is 12.1 Å². The lowest BCUT2D eigenvalue weighted by Gasteiger charge is -2.43. The number of rotatable bonds is 5. The molecule has 37 heavy (non-hydrogen) atoms. The topological polar surface area (TPSA) is 90.6 Å². The molecule has 3 heterocycles. The molecule has 5 rings (SSSR count). The summed E-state index contributed by atoms with van der Waals surface area (Å²) in [5, 5.41) is 12.8. The van der Waals surface area contributed by atoms with Crippen LogP contribution in [-0.4, -0.2) is 59.0 Å². The van der Waals surface area contributed by atoms with Crippen molar-refractivity contribution in [3.8, 4) is 0 Å². The fourth-order valence-electron chi connectivity index (χ4n) is 4.85. The second kappa shape index (κ2) is 10.0. The van der Waals surface area contributed by atoms with Gasteiger partial charge in [0.1, 0.15) is 6.17 Å². The van der Waals surface area contributed by atoms with Gasteiger partial charge in [0.05, 0.1) is 16.8 Å². The van der Waals surface area contributed by atoms with Gasteiger partial charge >= 0.3 is 12.1 Å². The van der Waals surface area contributed by atoms with Crippen LogP contribution in [0.15, 0.2) is 36.4 Å². The summed E-state index contributed by atoms with van der Waals surface area (Å²) in [4.78, 5) is 31.5. The normalized spacial score (nSPS) is 19.1. The maximum atomic E-state index is 13.0. The molecule has 1 unspecified atom stereocenters. The zero-order valence-electron chi connectivity index (χ0n) is 19.3. The van der Waals surface area contributed by atoms with Gasteiger partial charge in [-0.2, -0.15) is 23.3 Å². The molecule has 3 aromatic rings. The molecule has 2 aliphatic heterocycles.